The van der Waals surface area contributed by atoms with Crippen molar-refractivity contribution in [3.8, 4) is 0 Å². The molecule has 0 saturated heterocycles. The van der Waals surface area contributed by atoms with Crippen LogP contribution in [-0.4, -0.2) is 24.4 Å². The monoisotopic (exact) mass is 401 g/mol. The molecule has 25 heavy (non-hydrogen) atoms. The van der Waals surface area contributed by atoms with Crippen LogP contribution in [0.5, 0.6) is 0 Å². The van der Waals surface area contributed by atoms with Gasteiger partial charge in [0.1, 0.15) is 0 Å². The summed E-state index contributed by atoms with van der Waals surface area (Å²) in [6, 6.07) is 13.2. The second-order valence-electron chi connectivity index (χ2n) is 6.16. The third-order valence-electron chi connectivity index (χ3n) is 3.98. The van der Waals surface area contributed by atoms with Crippen molar-refractivity contribution in [2.75, 3.05) is 17.2 Å². The molecule has 0 radical (unpaired) electrons. The number of aryl methyl sites for hydroxylation is 1. The van der Waals surface area contributed by atoms with Gasteiger partial charge in [-0.1, -0.05) is 34.1 Å². The zero-order valence-electron chi connectivity index (χ0n) is 13.9. The zero-order valence-corrected chi connectivity index (χ0v) is 15.5. The lowest BCUT2D eigenvalue weighted by molar-refractivity contribution is -0.114. The van der Waals surface area contributed by atoms with Crippen LogP contribution in [0.25, 0.3) is 0 Å². The van der Waals surface area contributed by atoms with Gasteiger partial charge in [0, 0.05) is 21.9 Å². The maximum atomic E-state index is 12.3. The van der Waals surface area contributed by atoms with Gasteiger partial charge < -0.3 is 16.0 Å². The summed E-state index contributed by atoms with van der Waals surface area (Å²) in [6.45, 7) is 2.07. The molecule has 3 rings (SSSR count). The van der Waals surface area contributed by atoms with Crippen LogP contribution in [0.1, 0.15) is 28.8 Å². The Morgan fingerprint density at radius 2 is 1.92 bits per heavy atom. The van der Waals surface area contributed by atoms with Crippen LogP contribution in [0, 0.1) is 6.92 Å². The van der Waals surface area contributed by atoms with Gasteiger partial charge in [0.2, 0.25) is 5.91 Å². The van der Waals surface area contributed by atoms with Crippen LogP contribution in [-0.2, 0) is 4.79 Å². The Balaban J connectivity index is 1.59. The number of carbonyl (C=O) groups excluding carboxylic acids is 2. The Morgan fingerprint density at radius 1 is 1.16 bits per heavy atom. The Morgan fingerprint density at radius 3 is 2.64 bits per heavy atom. The lowest BCUT2D eigenvalue weighted by Crippen LogP contribution is -2.27. The fourth-order valence-electron chi connectivity index (χ4n) is 2.38. The highest BCUT2D eigenvalue weighted by molar-refractivity contribution is 9.10. The van der Waals surface area contributed by atoms with Crippen molar-refractivity contribution in [1.82, 2.24) is 5.32 Å². The SMILES string of the molecule is Cc1ccc(NC(=O)CNc2ccccc2C(=O)NC2CC2)cc1Br. The van der Waals surface area contributed by atoms with Crippen LogP contribution in [0.3, 0.4) is 0 Å². The minimum Gasteiger partial charge on any atom is -0.376 e. The molecule has 0 bridgehead atoms. The molecule has 0 atom stereocenters. The van der Waals surface area contributed by atoms with Crippen LogP contribution in [0.15, 0.2) is 46.9 Å². The maximum absolute atomic E-state index is 12.3. The summed E-state index contributed by atoms with van der Waals surface area (Å²) < 4.78 is 0.945. The van der Waals surface area contributed by atoms with Crippen LogP contribution < -0.4 is 16.0 Å². The number of halogens is 1. The van der Waals surface area contributed by atoms with E-state index in [4.69, 9.17) is 0 Å². The first kappa shape index (κ1) is 17.5. The quantitative estimate of drug-likeness (QED) is 0.690. The minimum absolute atomic E-state index is 0.0826. The summed E-state index contributed by atoms with van der Waals surface area (Å²) in [7, 11) is 0. The van der Waals surface area contributed by atoms with E-state index in [0.29, 0.717) is 17.3 Å². The fourth-order valence-corrected chi connectivity index (χ4v) is 2.76. The predicted octanol–water partition coefficient (Wildman–Crippen LogP) is 3.70. The van der Waals surface area contributed by atoms with E-state index in [1.54, 1.807) is 12.1 Å². The molecule has 2 amide bonds. The smallest absolute Gasteiger partial charge is 0.253 e. The molecular weight excluding hydrogens is 382 g/mol. The van der Waals surface area contributed by atoms with Gasteiger partial charge in [0.15, 0.2) is 0 Å². The third-order valence-corrected chi connectivity index (χ3v) is 4.83. The molecule has 1 saturated carbocycles. The van der Waals surface area contributed by atoms with Gasteiger partial charge in [-0.05, 0) is 49.6 Å². The average Bonchev–Trinajstić information content (AvgIpc) is 3.40. The average molecular weight is 402 g/mol. The van der Waals surface area contributed by atoms with Crippen molar-refractivity contribution < 1.29 is 9.59 Å². The van der Waals surface area contributed by atoms with Gasteiger partial charge in [0.05, 0.1) is 12.1 Å². The van der Waals surface area contributed by atoms with Crippen molar-refractivity contribution in [1.29, 1.82) is 0 Å². The Hall–Kier alpha value is -2.34. The van der Waals surface area contributed by atoms with E-state index in [-0.39, 0.29) is 18.4 Å². The van der Waals surface area contributed by atoms with Crippen molar-refractivity contribution in [2.24, 2.45) is 0 Å². The number of carbonyl (C=O) groups is 2. The largest absolute Gasteiger partial charge is 0.376 e. The van der Waals surface area contributed by atoms with Crippen molar-refractivity contribution in [2.45, 2.75) is 25.8 Å². The molecule has 5 nitrogen and oxygen atoms in total. The van der Waals surface area contributed by atoms with Crippen LogP contribution >= 0.6 is 15.9 Å². The normalized spacial score (nSPS) is 13.2. The molecule has 1 aliphatic carbocycles. The molecular formula is C19H20BrN3O2. The third kappa shape index (κ3) is 4.82. The van der Waals surface area contributed by atoms with E-state index in [1.807, 2.05) is 37.3 Å². The van der Waals surface area contributed by atoms with Gasteiger partial charge in [-0.15, -0.1) is 0 Å². The highest BCUT2D eigenvalue weighted by atomic mass is 79.9. The number of nitrogens with one attached hydrogen (secondary N) is 3. The van der Waals surface area contributed by atoms with Gasteiger partial charge in [-0.25, -0.2) is 0 Å². The zero-order chi connectivity index (χ0) is 17.8. The van der Waals surface area contributed by atoms with Gasteiger partial charge in [0.25, 0.3) is 5.91 Å². The minimum atomic E-state index is -0.173. The molecule has 1 fully saturated rings. The first-order chi connectivity index (χ1) is 12.0. The fraction of sp³-hybridized carbons (Fsp3) is 0.263. The van der Waals surface area contributed by atoms with E-state index < -0.39 is 0 Å². The Labute approximate surface area is 155 Å². The number of hydrogen-bond acceptors (Lipinski definition) is 3. The molecule has 1 aliphatic rings. The summed E-state index contributed by atoms with van der Waals surface area (Å²) in [5, 5.41) is 8.85. The molecule has 0 spiro atoms. The summed E-state index contributed by atoms with van der Waals surface area (Å²) >= 11 is 3.45. The van der Waals surface area contributed by atoms with E-state index in [1.165, 1.54) is 0 Å². The Kier molecular flexibility index (Phi) is 5.38. The molecule has 6 heteroatoms. The van der Waals surface area contributed by atoms with Crippen molar-refractivity contribution >= 4 is 39.1 Å². The lowest BCUT2D eigenvalue weighted by Gasteiger charge is -2.12. The Bertz CT molecular complexity index is 803. The summed E-state index contributed by atoms with van der Waals surface area (Å²) in [4.78, 5) is 24.4. The van der Waals surface area contributed by atoms with Crippen LogP contribution in [0.2, 0.25) is 0 Å². The molecule has 2 aromatic carbocycles. The molecule has 3 N–H and O–H groups in total. The van der Waals surface area contributed by atoms with E-state index in [0.717, 1.165) is 28.6 Å². The van der Waals surface area contributed by atoms with E-state index >= 15 is 0 Å². The molecule has 0 unspecified atom stereocenters. The topological polar surface area (TPSA) is 70.2 Å². The highest BCUT2D eigenvalue weighted by Crippen LogP contribution is 2.22. The summed E-state index contributed by atoms with van der Waals surface area (Å²) in [5.41, 5.74) is 3.04. The number of amides is 2. The van der Waals surface area contributed by atoms with Crippen molar-refractivity contribution in [3.05, 3.63) is 58.1 Å². The molecule has 0 heterocycles. The van der Waals surface area contributed by atoms with E-state index in [9.17, 15) is 9.59 Å². The number of anilines is 2. The summed E-state index contributed by atoms with van der Waals surface area (Å²) in [5.74, 6) is -0.276. The molecule has 130 valence electrons. The number of para-hydroxylation sites is 1. The lowest BCUT2D eigenvalue weighted by atomic mass is 10.1. The van der Waals surface area contributed by atoms with E-state index in [2.05, 4.69) is 31.9 Å². The number of hydrogen-bond donors (Lipinski definition) is 3. The van der Waals surface area contributed by atoms with Crippen molar-refractivity contribution in [3.63, 3.8) is 0 Å². The van der Waals surface area contributed by atoms with Gasteiger partial charge in [-0.2, -0.15) is 0 Å². The second-order valence-corrected chi connectivity index (χ2v) is 7.01. The van der Waals surface area contributed by atoms with Gasteiger partial charge in [-0.3, -0.25) is 9.59 Å². The first-order valence-corrected chi connectivity index (χ1v) is 9.02. The predicted molar refractivity (Wildman–Crippen MR) is 103 cm³/mol. The molecule has 0 aliphatic heterocycles. The number of rotatable bonds is 6. The van der Waals surface area contributed by atoms with Gasteiger partial charge >= 0.3 is 0 Å². The number of benzene rings is 2. The first-order valence-electron chi connectivity index (χ1n) is 8.22. The standard InChI is InChI=1S/C19H20BrN3O2/c1-12-6-7-14(10-16(12)20)22-18(24)11-21-17-5-3-2-4-15(17)19(25)23-13-8-9-13/h2-7,10,13,21H,8-9,11H2,1H3,(H,22,24)(H,23,25). The molecule has 2 aromatic rings. The van der Waals surface area contributed by atoms with Crippen LogP contribution in [0.4, 0.5) is 11.4 Å². The molecule has 0 aromatic heterocycles. The second kappa shape index (κ2) is 7.70. The maximum Gasteiger partial charge on any atom is 0.253 e. The highest BCUT2D eigenvalue weighted by Gasteiger charge is 2.24. The summed E-state index contributed by atoms with van der Waals surface area (Å²) in [6.07, 6.45) is 2.08.